The molecule has 0 heterocycles. The van der Waals surface area contributed by atoms with Crippen molar-refractivity contribution in [2.24, 2.45) is 0 Å². The van der Waals surface area contributed by atoms with Crippen molar-refractivity contribution >= 4 is 27.5 Å². The summed E-state index contributed by atoms with van der Waals surface area (Å²) >= 11 is 0. The molecule has 1 unspecified atom stereocenters. The Labute approximate surface area is 213 Å². The maximum atomic E-state index is 13.6. The van der Waals surface area contributed by atoms with E-state index in [-0.39, 0.29) is 18.5 Å². The van der Waals surface area contributed by atoms with Gasteiger partial charge in [0.2, 0.25) is 21.8 Å². The minimum Gasteiger partial charge on any atom is -0.352 e. The van der Waals surface area contributed by atoms with Crippen LogP contribution in [0.1, 0.15) is 57.1 Å². The van der Waals surface area contributed by atoms with Gasteiger partial charge in [0.1, 0.15) is 18.4 Å². The summed E-state index contributed by atoms with van der Waals surface area (Å²) in [5.41, 5.74) is 2.06. The highest BCUT2D eigenvalue weighted by molar-refractivity contribution is 7.92. The third kappa shape index (κ3) is 7.53. The van der Waals surface area contributed by atoms with Crippen molar-refractivity contribution < 1.29 is 22.4 Å². The highest BCUT2D eigenvalue weighted by Crippen LogP contribution is 2.21. The maximum Gasteiger partial charge on any atom is 0.244 e. The molecular formula is C27H36FN3O4S. The molecule has 0 spiro atoms. The lowest BCUT2D eigenvalue weighted by molar-refractivity contribution is -0.139. The number of benzene rings is 2. The number of halogens is 1. The average molecular weight is 518 g/mol. The fraction of sp³-hybridized carbons (Fsp3) is 0.481. The van der Waals surface area contributed by atoms with E-state index >= 15 is 0 Å². The van der Waals surface area contributed by atoms with Crippen LogP contribution in [0.5, 0.6) is 0 Å². The summed E-state index contributed by atoms with van der Waals surface area (Å²) in [6.07, 6.45) is 6.92. The molecule has 36 heavy (non-hydrogen) atoms. The first kappa shape index (κ1) is 27.6. The molecule has 1 fully saturated rings. The molecule has 2 aromatic carbocycles. The second-order valence-corrected chi connectivity index (χ2v) is 11.4. The van der Waals surface area contributed by atoms with Crippen LogP contribution in [0.2, 0.25) is 0 Å². The van der Waals surface area contributed by atoms with Crippen LogP contribution in [-0.2, 0) is 32.6 Å². The van der Waals surface area contributed by atoms with Crippen molar-refractivity contribution in [2.75, 3.05) is 17.1 Å². The van der Waals surface area contributed by atoms with Crippen molar-refractivity contribution in [1.82, 2.24) is 10.2 Å². The van der Waals surface area contributed by atoms with Gasteiger partial charge in [0, 0.05) is 12.6 Å². The molecule has 1 aliphatic carbocycles. The largest absolute Gasteiger partial charge is 0.352 e. The predicted molar refractivity (Wildman–Crippen MR) is 139 cm³/mol. The summed E-state index contributed by atoms with van der Waals surface area (Å²) in [4.78, 5) is 28.1. The number of amides is 2. The van der Waals surface area contributed by atoms with Gasteiger partial charge in [0.25, 0.3) is 0 Å². The van der Waals surface area contributed by atoms with E-state index < -0.39 is 34.3 Å². The highest BCUT2D eigenvalue weighted by Gasteiger charge is 2.31. The van der Waals surface area contributed by atoms with Crippen LogP contribution in [0, 0.1) is 5.82 Å². The second kappa shape index (κ2) is 12.3. The fourth-order valence-corrected chi connectivity index (χ4v) is 5.30. The number of nitrogens with zero attached hydrogens (tertiary/aromatic N) is 2. The van der Waals surface area contributed by atoms with E-state index in [9.17, 15) is 22.4 Å². The molecule has 0 bridgehead atoms. The van der Waals surface area contributed by atoms with Gasteiger partial charge in [-0.25, -0.2) is 12.8 Å². The standard InChI is InChI=1S/C27H36FN3O4S/c1-4-21-12-16-25(17-13-21)31(36(3,34)35)19-26(32)30(18-22-10-14-23(28)15-11-22)20(2)27(33)29-24-8-6-5-7-9-24/h10-17,20,24H,4-9,18-19H2,1-3H3,(H,29,33). The second-order valence-electron chi connectivity index (χ2n) is 9.46. The fourth-order valence-electron chi connectivity index (χ4n) is 4.45. The smallest absolute Gasteiger partial charge is 0.244 e. The Morgan fingerprint density at radius 2 is 1.58 bits per heavy atom. The van der Waals surface area contributed by atoms with Gasteiger partial charge in [-0.05, 0) is 61.6 Å². The third-order valence-electron chi connectivity index (χ3n) is 6.70. The maximum absolute atomic E-state index is 13.6. The minimum absolute atomic E-state index is 0.0464. The van der Waals surface area contributed by atoms with Crippen LogP contribution < -0.4 is 9.62 Å². The van der Waals surface area contributed by atoms with Gasteiger partial charge in [-0.2, -0.15) is 0 Å². The quantitative estimate of drug-likeness (QED) is 0.516. The number of hydrogen-bond acceptors (Lipinski definition) is 4. The summed E-state index contributed by atoms with van der Waals surface area (Å²) in [7, 11) is -3.78. The van der Waals surface area contributed by atoms with Gasteiger partial charge in [-0.3, -0.25) is 13.9 Å². The number of hydrogen-bond donors (Lipinski definition) is 1. The Morgan fingerprint density at radius 1 is 1.00 bits per heavy atom. The molecule has 3 rings (SSSR count). The molecule has 196 valence electrons. The Kier molecular flexibility index (Phi) is 9.48. The van der Waals surface area contributed by atoms with Crippen molar-refractivity contribution in [1.29, 1.82) is 0 Å². The van der Waals surface area contributed by atoms with E-state index in [0.29, 0.717) is 11.3 Å². The lowest BCUT2D eigenvalue weighted by Crippen LogP contribution is -2.52. The molecule has 1 atom stereocenters. The Hall–Kier alpha value is -2.94. The molecule has 0 saturated heterocycles. The first-order chi connectivity index (χ1) is 17.1. The van der Waals surface area contributed by atoms with Crippen LogP contribution in [0.25, 0.3) is 0 Å². The molecular weight excluding hydrogens is 481 g/mol. The van der Waals surface area contributed by atoms with Crippen molar-refractivity contribution in [3.63, 3.8) is 0 Å². The van der Waals surface area contributed by atoms with Crippen LogP contribution in [0.4, 0.5) is 10.1 Å². The summed E-state index contributed by atoms with van der Waals surface area (Å²) in [5, 5.41) is 3.05. The van der Waals surface area contributed by atoms with E-state index in [4.69, 9.17) is 0 Å². The number of carbonyl (C=O) groups excluding carboxylic acids is 2. The topological polar surface area (TPSA) is 86.8 Å². The molecule has 7 nitrogen and oxygen atoms in total. The SMILES string of the molecule is CCc1ccc(N(CC(=O)N(Cc2ccc(F)cc2)C(C)C(=O)NC2CCCCC2)S(C)(=O)=O)cc1. The van der Waals surface area contributed by atoms with E-state index in [0.717, 1.165) is 54.6 Å². The molecule has 2 amide bonds. The zero-order valence-electron chi connectivity index (χ0n) is 21.2. The summed E-state index contributed by atoms with van der Waals surface area (Å²) in [6, 6.07) is 11.9. The number of sulfonamides is 1. The normalized spacial score (nSPS) is 15.2. The monoisotopic (exact) mass is 517 g/mol. The molecule has 2 aromatic rings. The first-order valence-electron chi connectivity index (χ1n) is 12.5. The summed E-state index contributed by atoms with van der Waals surface area (Å²) in [5.74, 6) is -1.20. The molecule has 1 saturated carbocycles. The van der Waals surface area contributed by atoms with Gasteiger partial charge >= 0.3 is 0 Å². The van der Waals surface area contributed by atoms with Crippen molar-refractivity contribution in [3.05, 3.63) is 65.5 Å². The van der Waals surface area contributed by atoms with Crippen LogP contribution >= 0.6 is 0 Å². The van der Waals surface area contributed by atoms with Gasteiger partial charge in [0.15, 0.2) is 0 Å². The Bertz CT molecular complexity index is 1130. The van der Waals surface area contributed by atoms with Crippen molar-refractivity contribution in [3.8, 4) is 0 Å². The molecule has 9 heteroatoms. The number of nitrogens with one attached hydrogen (secondary N) is 1. The molecule has 1 aliphatic rings. The molecule has 1 N–H and O–H groups in total. The number of anilines is 1. The van der Waals surface area contributed by atoms with Crippen LogP contribution in [-0.4, -0.2) is 50.0 Å². The van der Waals surface area contributed by atoms with E-state index in [2.05, 4.69) is 5.32 Å². The zero-order valence-corrected chi connectivity index (χ0v) is 22.1. The van der Waals surface area contributed by atoms with Gasteiger partial charge in [-0.15, -0.1) is 0 Å². The summed E-state index contributed by atoms with van der Waals surface area (Å²) < 4.78 is 39.8. The Balaban J connectivity index is 1.85. The van der Waals surface area contributed by atoms with Gasteiger partial charge < -0.3 is 10.2 Å². The van der Waals surface area contributed by atoms with E-state index in [1.165, 1.54) is 17.0 Å². The Morgan fingerprint density at radius 3 is 2.14 bits per heavy atom. The molecule has 0 aromatic heterocycles. The zero-order chi connectivity index (χ0) is 26.3. The van der Waals surface area contributed by atoms with Gasteiger partial charge in [-0.1, -0.05) is 50.5 Å². The van der Waals surface area contributed by atoms with Crippen molar-refractivity contribution in [2.45, 2.75) is 71.0 Å². The number of carbonyl (C=O) groups is 2. The first-order valence-corrected chi connectivity index (χ1v) is 14.3. The lowest BCUT2D eigenvalue weighted by atomic mass is 9.95. The summed E-state index contributed by atoms with van der Waals surface area (Å²) in [6.45, 7) is 3.23. The van der Waals surface area contributed by atoms with E-state index in [1.54, 1.807) is 31.2 Å². The van der Waals surface area contributed by atoms with Crippen LogP contribution in [0.3, 0.4) is 0 Å². The molecule has 0 radical (unpaired) electrons. The lowest BCUT2D eigenvalue weighted by Gasteiger charge is -2.33. The van der Waals surface area contributed by atoms with Gasteiger partial charge in [0.05, 0.1) is 11.9 Å². The number of aryl methyl sites for hydroxylation is 1. The predicted octanol–water partition coefficient (Wildman–Crippen LogP) is 4.02. The van der Waals surface area contributed by atoms with E-state index in [1.807, 2.05) is 19.1 Å². The minimum atomic E-state index is -3.78. The number of rotatable bonds is 10. The average Bonchev–Trinajstić information content (AvgIpc) is 2.86. The highest BCUT2D eigenvalue weighted by atomic mass is 32.2. The van der Waals surface area contributed by atoms with Crippen LogP contribution in [0.15, 0.2) is 48.5 Å². The molecule has 0 aliphatic heterocycles. The third-order valence-corrected chi connectivity index (χ3v) is 7.84.